The van der Waals surface area contributed by atoms with Crippen molar-refractivity contribution in [1.29, 1.82) is 0 Å². The highest BCUT2D eigenvalue weighted by Gasteiger charge is 2.49. The first-order valence-electron chi connectivity index (χ1n) is 8.51. The molecule has 0 aromatic heterocycles. The van der Waals surface area contributed by atoms with Crippen LogP contribution in [0.15, 0.2) is 0 Å². The molecule has 3 saturated carbocycles. The summed E-state index contributed by atoms with van der Waals surface area (Å²) in [6.45, 7) is 2.87. The van der Waals surface area contributed by atoms with E-state index >= 15 is 0 Å². The van der Waals surface area contributed by atoms with Gasteiger partial charge in [-0.2, -0.15) is 0 Å². The molecular weight excluding hydrogens is 252 g/mol. The van der Waals surface area contributed by atoms with Crippen molar-refractivity contribution >= 4 is 0 Å². The topological polar surface area (TPSA) is 33.7 Å². The lowest BCUT2D eigenvalue weighted by Crippen LogP contribution is -2.58. The number of rotatable bonds is 5. The molecule has 20 heavy (non-hydrogen) atoms. The van der Waals surface area contributed by atoms with E-state index in [1.807, 2.05) is 0 Å². The molecular formula is C16H28N2O2. The lowest BCUT2D eigenvalue weighted by Gasteiger charge is -2.46. The summed E-state index contributed by atoms with van der Waals surface area (Å²) in [5.74, 6) is 0.714. The molecule has 0 amide bonds. The number of hydrogen-bond donors (Lipinski definition) is 1. The maximum atomic E-state index is 6.00. The van der Waals surface area contributed by atoms with Crippen molar-refractivity contribution in [2.75, 3.05) is 26.8 Å². The highest BCUT2D eigenvalue weighted by molar-refractivity contribution is 5.01. The van der Waals surface area contributed by atoms with E-state index in [9.17, 15) is 0 Å². The fourth-order valence-corrected chi connectivity index (χ4v) is 4.14. The van der Waals surface area contributed by atoms with Crippen LogP contribution in [0.1, 0.15) is 44.9 Å². The second-order valence-corrected chi connectivity index (χ2v) is 7.18. The first-order valence-corrected chi connectivity index (χ1v) is 8.51. The van der Waals surface area contributed by atoms with Crippen molar-refractivity contribution in [2.24, 2.45) is 5.92 Å². The Morgan fingerprint density at radius 3 is 2.45 bits per heavy atom. The van der Waals surface area contributed by atoms with Crippen molar-refractivity contribution in [2.45, 2.75) is 68.9 Å². The lowest BCUT2D eigenvalue weighted by molar-refractivity contribution is -0.194. The zero-order valence-electron chi connectivity index (χ0n) is 12.6. The van der Waals surface area contributed by atoms with Gasteiger partial charge in [-0.1, -0.05) is 0 Å². The molecule has 1 N–H and O–H groups in total. The molecule has 114 valence electrons. The van der Waals surface area contributed by atoms with Crippen LogP contribution < -0.4 is 5.32 Å². The molecule has 4 fully saturated rings. The molecule has 0 aromatic rings. The average molecular weight is 280 g/mol. The molecule has 1 heterocycles. The van der Waals surface area contributed by atoms with E-state index in [0.717, 1.165) is 38.0 Å². The minimum absolute atomic E-state index is 0.255. The van der Waals surface area contributed by atoms with Gasteiger partial charge < -0.3 is 14.8 Å². The van der Waals surface area contributed by atoms with E-state index in [-0.39, 0.29) is 5.79 Å². The van der Waals surface area contributed by atoms with Crippen LogP contribution in [0.5, 0.6) is 0 Å². The lowest BCUT2D eigenvalue weighted by atomic mass is 9.84. The van der Waals surface area contributed by atoms with Crippen LogP contribution in [0, 0.1) is 5.92 Å². The Morgan fingerprint density at radius 2 is 1.85 bits per heavy atom. The minimum atomic E-state index is -0.255. The maximum absolute atomic E-state index is 6.00. The van der Waals surface area contributed by atoms with Gasteiger partial charge in [0, 0.05) is 37.5 Å². The Hall–Kier alpha value is -0.160. The molecule has 1 aliphatic heterocycles. The monoisotopic (exact) mass is 280 g/mol. The van der Waals surface area contributed by atoms with E-state index in [0.29, 0.717) is 12.1 Å². The first-order chi connectivity index (χ1) is 9.80. The van der Waals surface area contributed by atoms with Crippen LogP contribution in [0.2, 0.25) is 0 Å². The van der Waals surface area contributed by atoms with Crippen LogP contribution in [0.3, 0.4) is 0 Å². The summed E-state index contributed by atoms with van der Waals surface area (Å²) in [7, 11) is 2.12. The zero-order chi connectivity index (χ0) is 13.6. The average Bonchev–Trinajstić information content (AvgIpc) is 3.37. The summed E-state index contributed by atoms with van der Waals surface area (Å²) < 4.78 is 12.0. The van der Waals surface area contributed by atoms with Crippen LogP contribution in [0.25, 0.3) is 0 Å². The molecule has 1 saturated heterocycles. The number of nitrogens with zero attached hydrogens (tertiary/aromatic N) is 1. The van der Waals surface area contributed by atoms with Gasteiger partial charge in [-0.25, -0.2) is 0 Å². The molecule has 4 heteroatoms. The molecule has 0 bridgehead atoms. The number of nitrogens with one attached hydrogen (secondary N) is 1. The van der Waals surface area contributed by atoms with Gasteiger partial charge in [0.25, 0.3) is 0 Å². The predicted molar refractivity (Wildman–Crippen MR) is 77.6 cm³/mol. The summed E-state index contributed by atoms with van der Waals surface area (Å²) in [5, 5.41) is 3.56. The number of likely N-dealkylation sites (N-methyl/N-ethyl adjacent to an activating group) is 1. The zero-order valence-corrected chi connectivity index (χ0v) is 12.6. The Balaban J connectivity index is 1.50. The van der Waals surface area contributed by atoms with Gasteiger partial charge in [-0.05, 0) is 45.1 Å². The molecule has 2 unspecified atom stereocenters. The van der Waals surface area contributed by atoms with Gasteiger partial charge in [-0.3, -0.25) is 4.90 Å². The van der Waals surface area contributed by atoms with Crippen molar-refractivity contribution in [3.8, 4) is 0 Å². The second-order valence-electron chi connectivity index (χ2n) is 7.18. The number of ether oxygens (including phenoxy) is 2. The van der Waals surface area contributed by atoms with E-state index < -0.39 is 0 Å². The largest absolute Gasteiger partial charge is 0.347 e. The Kier molecular flexibility index (Phi) is 3.53. The summed E-state index contributed by atoms with van der Waals surface area (Å²) in [4.78, 5) is 2.81. The summed E-state index contributed by atoms with van der Waals surface area (Å²) in [5.41, 5.74) is 0. The maximum Gasteiger partial charge on any atom is 0.170 e. The SMILES string of the molecule is CNC1CCC2(CC1N(CC1CC1)C1CC1)OCCO2. The van der Waals surface area contributed by atoms with Crippen molar-refractivity contribution in [1.82, 2.24) is 10.2 Å². The molecule has 4 rings (SSSR count). The van der Waals surface area contributed by atoms with Gasteiger partial charge >= 0.3 is 0 Å². The highest BCUT2D eigenvalue weighted by Crippen LogP contribution is 2.43. The molecule has 4 aliphatic rings. The quantitative estimate of drug-likeness (QED) is 0.832. The van der Waals surface area contributed by atoms with Gasteiger partial charge in [0.2, 0.25) is 0 Å². The summed E-state index contributed by atoms with van der Waals surface area (Å²) >= 11 is 0. The predicted octanol–water partition coefficient (Wildman–Crippen LogP) is 1.74. The summed E-state index contributed by atoms with van der Waals surface area (Å²) in [6, 6.07) is 2.04. The third-order valence-corrected chi connectivity index (χ3v) is 5.61. The van der Waals surface area contributed by atoms with Crippen molar-refractivity contribution in [3.63, 3.8) is 0 Å². The highest BCUT2D eigenvalue weighted by atomic mass is 16.7. The third kappa shape index (κ3) is 2.63. The standard InChI is InChI=1S/C16H28N2O2/c1-17-14-6-7-16(19-8-9-20-16)10-15(14)18(13-4-5-13)11-12-2-3-12/h12-15,17H,2-11H2,1H3. The first kappa shape index (κ1) is 13.5. The smallest absolute Gasteiger partial charge is 0.170 e. The van der Waals surface area contributed by atoms with Crippen LogP contribution >= 0.6 is 0 Å². The normalized spacial score (nSPS) is 36.9. The summed E-state index contributed by atoms with van der Waals surface area (Å²) in [6.07, 6.45) is 8.97. The molecule has 4 nitrogen and oxygen atoms in total. The molecule has 0 aromatic carbocycles. The van der Waals surface area contributed by atoms with Crippen molar-refractivity contribution in [3.05, 3.63) is 0 Å². The van der Waals surface area contributed by atoms with Gasteiger partial charge in [0.05, 0.1) is 13.2 Å². The fraction of sp³-hybridized carbons (Fsp3) is 1.00. The van der Waals surface area contributed by atoms with Crippen molar-refractivity contribution < 1.29 is 9.47 Å². The molecule has 3 aliphatic carbocycles. The molecule has 0 radical (unpaired) electrons. The van der Waals surface area contributed by atoms with Gasteiger partial charge in [0.1, 0.15) is 0 Å². The third-order valence-electron chi connectivity index (χ3n) is 5.61. The van der Waals surface area contributed by atoms with E-state index in [4.69, 9.17) is 9.47 Å². The van der Waals surface area contributed by atoms with E-state index in [1.165, 1.54) is 38.6 Å². The molecule has 1 spiro atoms. The van der Waals surface area contributed by atoms with Gasteiger partial charge in [0.15, 0.2) is 5.79 Å². The second kappa shape index (κ2) is 5.24. The molecule has 2 atom stereocenters. The Bertz CT molecular complexity index is 348. The van der Waals surface area contributed by atoms with Crippen LogP contribution in [0.4, 0.5) is 0 Å². The number of hydrogen-bond acceptors (Lipinski definition) is 4. The van der Waals surface area contributed by atoms with Crippen LogP contribution in [-0.4, -0.2) is 55.6 Å². The van der Waals surface area contributed by atoms with Crippen LogP contribution in [-0.2, 0) is 9.47 Å². The fourth-order valence-electron chi connectivity index (χ4n) is 4.14. The van der Waals surface area contributed by atoms with E-state index in [2.05, 4.69) is 17.3 Å². The Labute approximate surface area is 122 Å². The van der Waals surface area contributed by atoms with E-state index in [1.54, 1.807) is 0 Å². The minimum Gasteiger partial charge on any atom is -0.347 e. The van der Waals surface area contributed by atoms with Gasteiger partial charge in [-0.15, -0.1) is 0 Å². The Morgan fingerprint density at radius 1 is 1.10 bits per heavy atom.